The summed E-state index contributed by atoms with van der Waals surface area (Å²) in [5, 5.41) is 9.77. The van der Waals surface area contributed by atoms with Gasteiger partial charge in [-0.2, -0.15) is 35.6 Å². The highest BCUT2D eigenvalue weighted by atomic mass is 32.2. The number of carbonyl (C=O) groups is 1. The number of aliphatic carboxylic acids is 1. The number of anilines is 1. The van der Waals surface area contributed by atoms with Crippen molar-refractivity contribution in [1.29, 1.82) is 0 Å². The predicted octanol–water partition coefficient (Wildman–Crippen LogP) is 6.23. The summed E-state index contributed by atoms with van der Waals surface area (Å²) in [6, 6.07) is 6.24. The van der Waals surface area contributed by atoms with E-state index in [1.807, 2.05) is 0 Å². The molecule has 1 aliphatic rings. The van der Waals surface area contributed by atoms with Crippen LogP contribution < -0.4 is 9.64 Å². The van der Waals surface area contributed by atoms with E-state index in [1.54, 1.807) is 0 Å². The summed E-state index contributed by atoms with van der Waals surface area (Å²) in [4.78, 5) is 23.4. The fourth-order valence-electron chi connectivity index (χ4n) is 4.19. The summed E-state index contributed by atoms with van der Waals surface area (Å²) < 4.78 is 142. The van der Waals surface area contributed by atoms with Gasteiger partial charge in [0.2, 0.25) is 15.8 Å². The lowest BCUT2D eigenvalue weighted by Gasteiger charge is -2.38. The Morgan fingerprint density at radius 1 is 0.938 bits per heavy atom. The number of carboxylic acids is 1. The summed E-state index contributed by atoms with van der Waals surface area (Å²) in [6.07, 6.45) is -13.2. The summed E-state index contributed by atoms with van der Waals surface area (Å²) in [5.41, 5.74) is 6.26. The SMILES string of the molecule is O=C(O)[C@H]1CN(c2nc3nc(C(F)(F)F)ncc3s2)CCN1S(=O)(=O)c1ccc(C(F)(F)F)cc1.[NH-]Cc1ccc(OC(F)(F)F)cc1. The Morgan fingerprint density at radius 2 is 1.56 bits per heavy atom. The van der Waals surface area contributed by atoms with Gasteiger partial charge in [0, 0.05) is 19.6 Å². The molecule has 1 fully saturated rings. The fraction of sp³-hybridized carbons (Fsp3) is 0.308. The van der Waals surface area contributed by atoms with Crippen LogP contribution in [0.2, 0.25) is 0 Å². The smallest absolute Gasteiger partial charge is 0.573 e. The molecule has 0 amide bonds. The largest absolute Gasteiger partial charge is 0.674 e. The van der Waals surface area contributed by atoms with Crippen LogP contribution in [-0.4, -0.2) is 70.8 Å². The Hall–Kier alpha value is -4.28. The minimum atomic E-state index is -4.79. The van der Waals surface area contributed by atoms with Crippen LogP contribution in [0.5, 0.6) is 5.75 Å². The van der Waals surface area contributed by atoms with E-state index in [4.69, 9.17) is 5.73 Å². The molecule has 4 aromatic rings. The van der Waals surface area contributed by atoms with Gasteiger partial charge in [0.25, 0.3) is 0 Å². The third kappa shape index (κ3) is 8.79. The summed E-state index contributed by atoms with van der Waals surface area (Å²) in [6.45, 7) is -0.806. The summed E-state index contributed by atoms with van der Waals surface area (Å²) >= 11 is 0.901. The molecule has 2 aromatic heterocycles. The van der Waals surface area contributed by atoms with Crippen LogP contribution in [0.3, 0.4) is 0 Å². The van der Waals surface area contributed by atoms with Crippen molar-refractivity contribution in [2.24, 2.45) is 0 Å². The molecule has 5 rings (SSSR count). The number of nitrogens with zero attached hydrogens (tertiary/aromatic N) is 5. The Balaban J connectivity index is 0.000000336. The van der Waals surface area contributed by atoms with Crippen molar-refractivity contribution in [3.8, 4) is 5.75 Å². The zero-order valence-electron chi connectivity index (χ0n) is 23.6. The van der Waals surface area contributed by atoms with Gasteiger partial charge >= 0.3 is 24.7 Å². The predicted molar refractivity (Wildman–Crippen MR) is 150 cm³/mol. The maximum Gasteiger partial charge on any atom is 0.573 e. The normalized spacial score (nSPS) is 16.4. The first-order valence-electron chi connectivity index (χ1n) is 13.1. The number of hydrogen-bond acceptors (Lipinski definition) is 9. The molecule has 1 atom stereocenters. The van der Waals surface area contributed by atoms with E-state index in [-0.39, 0.29) is 40.9 Å². The van der Waals surface area contributed by atoms with Gasteiger partial charge in [-0.3, -0.25) is 4.79 Å². The zero-order chi connectivity index (χ0) is 35.7. The molecule has 0 aliphatic carbocycles. The van der Waals surface area contributed by atoms with Crippen molar-refractivity contribution in [2.45, 2.75) is 36.2 Å². The molecular weight excluding hydrogens is 711 g/mol. The number of carboxylic acid groups (broad SMARTS) is 1. The van der Waals surface area contributed by atoms with Gasteiger partial charge in [-0.05, 0) is 36.4 Å². The van der Waals surface area contributed by atoms with E-state index in [2.05, 4.69) is 19.7 Å². The van der Waals surface area contributed by atoms with Gasteiger partial charge in [0.05, 0.1) is 21.4 Å². The van der Waals surface area contributed by atoms with Gasteiger partial charge in [0.15, 0.2) is 10.8 Å². The molecular formula is C26H20F9N6O5S2-. The van der Waals surface area contributed by atoms with Crippen molar-refractivity contribution in [3.63, 3.8) is 0 Å². The zero-order valence-corrected chi connectivity index (χ0v) is 25.3. The van der Waals surface area contributed by atoms with Crippen molar-refractivity contribution in [1.82, 2.24) is 19.3 Å². The van der Waals surface area contributed by atoms with Crippen LogP contribution in [-0.2, 0) is 33.7 Å². The third-order valence-corrected chi connectivity index (χ3v) is 9.39. The molecule has 22 heteroatoms. The number of rotatable bonds is 6. The number of halogens is 9. The number of aromatic nitrogens is 3. The van der Waals surface area contributed by atoms with E-state index in [1.165, 1.54) is 29.2 Å². The Morgan fingerprint density at radius 3 is 2.08 bits per heavy atom. The van der Waals surface area contributed by atoms with Gasteiger partial charge in [-0.25, -0.2) is 18.4 Å². The molecule has 0 unspecified atom stereocenters. The first kappa shape index (κ1) is 36.6. The quantitative estimate of drug-likeness (QED) is 0.228. The minimum Gasteiger partial charge on any atom is -0.674 e. The molecule has 0 spiro atoms. The second-order valence-electron chi connectivity index (χ2n) is 9.68. The molecule has 260 valence electrons. The van der Waals surface area contributed by atoms with Crippen LogP contribution in [0.4, 0.5) is 44.6 Å². The van der Waals surface area contributed by atoms with E-state index in [9.17, 15) is 57.8 Å². The first-order chi connectivity index (χ1) is 22.2. The number of piperazine rings is 1. The highest BCUT2D eigenvalue weighted by Crippen LogP contribution is 2.34. The van der Waals surface area contributed by atoms with Crippen LogP contribution in [0, 0.1) is 0 Å². The van der Waals surface area contributed by atoms with Crippen molar-refractivity contribution in [2.75, 3.05) is 24.5 Å². The van der Waals surface area contributed by atoms with Gasteiger partial charge in [-0.15, -0.1) is 19.7 Å². The van der Waals surface area contributed by atoms with E-state index in [0.29, 0.717) is 22.0 Å². The Kier molecular flexibility index (Phi) is 10.4. The molecule has 2 aromatic carbocycles. The number of sulfonamides is 1. The van der Waals surface area contributed by atoms with Crippen LogP contribution >= 0.6 is 11.3 Å². The molecule has 0 saturated carbocycles. The molecule has 2 N–H and O–H groups in total. The summed E-state index contributed by atoms with van der Waals surface area (Å²) in [5.74, 6) is -3.17. The fourth-order valence-corrected chi connectivity index (χ4v) is 6.66. The first-order valence-corrected chi connectivity index (χ1v) is 15.3. The topological polar surface area (TPSA) is 150 Å². The monoisotopic (exact) mass is 731 g/mol. The maximum atomic E-state index is 13.0. The van der Waals surface area contributed by atoms with Crippen molar-refractivity contribution < 1.29 is 62.6 Å². The van der Waals surface area contributed by atoms with E-state index in [0.717, 1.165) is 29.7 Å². The molecule has 0 radical (unpaired) electrons. The minimum absolute atomic E-state index is 0.0479. The number of alkyl halides is 9. The molecule has 0 bridgehead atoms. The second kappa shape index (κ2) is 13.7. The standard InChI is InChI=1S/C18H13F6N5O4S2.C8H7F3NO/c19-17(20,21)9-1-3-10(4-2-9)35(32,33)29-6-5-28(8-11(29)14(30)31)16-27-13-12(34-16)7-25-15(26-13)18(22,23)24;9-8(10,11)13-7-3-1-6(5-12)2-4-7/h1-4,7,11H,5-6,8H2,(H,30,31);1-4,12H,5H2/q;-1/t11-;/m1./s1. The second-order valence-corrected chi connectivity index (χ2v) is 12.6. The average Bonchev–Trinajstić information content (AvgIpc) is 3.44. The Labute approximate surface area is 268 Å². The third-order valence-electron chi connectivity index (χ3n) is 6.43. The van der Waals surface area contributed by atoms with Crippen LogP contribution in [0.1, 0.15) is 17.0 Å². The lowest BCUT2D eigenvalue weighted by atomic mass is 10.2. The number of fused-ring (bicyclic) bond motifs is 1. The molecule has 1 aliphatic heterocycles. The van der Waals surface area contributed by atoms with Crippen LogP contribution in [0.15, 0.2) is 59.6 Å². The number of nitrogens with one attached hydrogen (secondary N) is 1. The van der Waals surface area contributed by atoms with Crippen molar-refractivity contribution >= 4 is 42.8 Å². The van der Waals surface area contributed by atoms with Gasteiger partial charge in [-0.1, -0.05) is 29.0 Å². The maximum absolute atomic E-state index is 13.0. The highest BCUT2D eigenvalue weighted by Gasteiger charge is 2.42. The number of hydrogen-bond donors (Lipinski definition) is 1. The average molecular weight is 732 g/mol. The van der Waals surface area contributed by atoms with Gasteiger partial charge in [0.1, 0.15) is 11.8 Å². The van der Waals surface area contributed by atoms with E-state index >= 15 is 0 Å². The lowest BCUT2D eigenvalue weighted by Crippen LogP contribution is -2.58. The Bertz CT molecular complexity index is 1850. The molecule has 3 heterocycles. The van der Waals surface area contributed by atoms with Gasteiger partial charge < -0.3 is 20.5 Å². The molecule has 11 nitrogen and oxygen atoms in total. The number of ether oxygens (including phenoxy) is 1. The van der Waals surface area contributed by atoms with Crippen LogP contribution in [0.25, 0.3) is 16.1 Å². The number of benzene rings is 2. The van der Waals surface area contributed by atoms with E-state index < -0.39 is 63.6 Å². The summed E-state index contributed by atoms with van der Waals surface area (Å²) in [7, 11) is -4.48. The van der Waals surface area contributed by atoms with Crippen molar-refractivity contribution in [3.05, 3.63) is 77.4 Å². The lowest BCUT2D eigenvalue weighted by molar-refractivity contribution is -0.274. The molecule has 1 saturated heterocycles. The highest BCUT2D eigenvalue weighted by molar-refractivity contribution is 7.89. The number of thiazole rings is 1. The molecule has 48 heavy (non-hydrogen) atoms.